The first-order chi connectivity index (χ1) is 17.4. The second-order valence-electron chi connectivity index (χ2n) is 9.61. The number of aromatic nitrogens is 4. The number of rotatable bonds is 8. The summed E-state index contributed by atoms with van der Waals surface area (Å²) < 4.78 is 14.3. The third-order valence-electron chi connectivity index (χ3n) is 7.66. The van der Waals surface area contributed by atoms with Gasteiger partial charge in [0.2, 0.25) is 0 Å². The van der Waals surface area contributed by atoms with Crippen LogP contribution in [0.15, 0.2) is 35.4 Å². The highest BCUT2D eigenvalue weighted by atomic mass is 16.5. The molecule has 3 aromatic heterocycles. The van der Waals surface area contributed by atoms with Gasteiger partial charge in [-0.3, -0.25) is 9.59 Å². The second kappa shape index (κ2) is 9.90. The van der Waals surface area contributed by atoms with Gasteiger partial charge in [-0.05, 0) is 50.7 Å². The van der Waals surface area contributed by atoms with Crippen molar-refractivity contribution in [2.24, 2.45) is 5.73 Å². The lowest BCUT2D eigenvalue weighted by Gasteiger charge is -2.42. The number of amides is 1. The van der Waals surface area contributed by atoms with Crippen LogP contribution in [0.3, 0.4) is 0 Å². The van der Waals surface area contributed by atoms with Crippen LogP contribution < -0.4 is 21.5 Å². The number of pyridine rings is 1. The average molecular weight is 496 g/mol. The Balaban J connectivity index is 1.50. The van der Waals surface area contributed by atoms with Crippen molar-refractivity contribution < 1.29 is 14.3 Å². The number of hydrogen-bond donors (Lipinski definition) is 2. The normalized spacial score (nSPS) is 23.9. The molecule has 1 amide bonds. The second-order valence-corrected chi connectivity index (χ2v) is 9.61. The van der Waals surface area contributed by atoms with Gasteiger partial charge in [0.1, 0.15) is 11.4 Å². The lowest BCUT2D eigenvalue weighted by Crippen LogP contribution is -2.50. The topological polar surface area (TPSA) is 129 Å². The summed E-state index contributed by atoms with van der Waals surface area (Å²) in [7, 11) is 5.42. The number of carbonyl (C=O) groups is 1. The van der Waals surface area contributed by atoms with E-state index < -0.39 is 5.91 Å². The maximum absolute atomic E-state index is 13.4. The number of nitrogens with two attached hydrogens (primary N) is 1. The molecule has 36 heavy (non-hydrogen) atoms. The summed E-state index contributed by atoms with van der Waals surface area (Å²) in [5.41, 5.74) is 7.32. The molecule has 0 spiro atoms. The molecule has 3 N–H and O–H groups in total. The van der Waals surface area contributed by atoms with E-state index in [9.17, 15) is 9.59 Å². The van der Waals surface area contributed by atoms with E-state index in [-0.39, 0.29) is 35.5 Å². The van der Waals surface area contributed by atoms with E-state index in [1.807, 2.05) is 25.4 Å². The molecule has 2 fully saturated rings. The molecule has 11 nitrogen and oxygen atoms in total. The van der Waals surface area contributed by atoms with Gasteiger partial charge in [0.15, 0.2) is 11.5 Å². The SMILES string of the molecule is COC1CCC(n2cccc(Nc3cc(N(C)C4CCC4OC)c4ncc(C(N)=O)n4n3)c2=O)CC1. The minimum Gasteiger partial charge on any atom is -0.381 e. The summed E-state index contributed by atoms with van der Waals surface area (Å²) in [6.45, 7) is 0. The Labute approximate surface area is 209 Å². The van der Waals surface area contributed by atoms with E-state index in [1.165, 1.54) is 10.7 Å². The van der Waals surface area contributed by atoms with Crippen LogP contribution in [-0.4, -0.2) is 64.6 Å². The number of primary amides is 1. The van der Waals surface area contributed by atoms with Crippen molar-refractivity contribution >= 4 is 28.7 Å². The first-order valence-electron chi connectivity index (χ1n) is 12.4. The van der Waals surface area contributed by atoms with Crippen molar-refractivity contribution in [2.75, 3.05) is 31.5 Å². The molecular formula is C25H33N7O4. The molecule has 3 heterocycles. The first kappa shape index (κ1) is 24.3. The van der Waals surface area contributed by atoms with Crippen LogP contribution in [0.1, 0.15) is 55.1 Å². The fourth-order valence-electron chi connectivity index (χ4n) is 5.38. The van der Waals surface area contributed by atoms with Gasteiger partial charge in [-0.25, -0.2) is 9.50 Å². The number of fused-ring (bicyclic) bond motifs is 1. The molecule has 0 aromatic carbocycles. The standard InChI is InChI=1S/C25H33N7O4/c1-30(18-10-11-21(18)36-3)19-13-22(29-32-20(23(26)33)14-27-24(19)32)28-17-5-4-12-31(25(17)34)15-6-8-16(35-2)9-7-15/h4-5,12-16,18,21H,6-11H2,1-3H3,(H2,26,33)(H,28,29). The van der Waals surface area contributed by atoms with Crippen LogP contribution in [-0.2, 0) is 9.47 Å². The maximum atomic E-state index is 13.4. The number of imidazole rings is 1. The Hall–Kier alpha value is -3.44. The van der Waals surface area contributed by atoms with Gasteiger partial charge in [-0.2, -0.15) is 0 Å². The van der Waals surface area contributed by atoms with Gasteiger partial charge < -0.3 is 30.0 Å². The van der Waals surface area contributed by atoms with Crippen molar-refractivity contribution in [1.82, 2.24) is 19.2 Å². The number of methoxy groups -OCH3 is 2. The highest BCUT2D eigenvalue weighted by Gasteiger charge is 2.35. The molecule has 11 heteroatoms. The lowest BCUT2D eigenvalue weighted by atomic mass is 9.87. The summed E-state index contributed by atoms with van der Waals surface area (Å²) in [5.74, 6) is -0.219. The molecule has 0 aliphatic heterocycles. The number of nitrogens with one attached hydrogen (secondary N) is 1. The van der Waals surface area contributed by atoms with E-state index in [0.717, 1.165) is 44.2 Å². The van der Waals surface area contributed by atoms with Gasteiger partial charge in [-0.15, -0.1) is 5.10 Å². The van der Waals surface area contributed by atoms with E-state index in [0.29, 0.717) is 17.2 Å². The number of likely N-dealkylation sites (N-methyl/N-ethyl adjacent to an activating group) is 1. The third-order valence-corrected chi connectivity index (χ3v) is 7.66. The molecular weight excluding hydrogens is 462 g/mol. The maximum Gasteiger partial charge on any atom is 0.274 e. The van der Waals surface area contributed by atoms with Crippen molar-refractivity contribution in [3.63, 3.8) is 0 Å². The highest BCUT2D eigenvalue weighted by molar-refractivity contribution is 5.92. The fraction of sp³-hybridized carbons (Fsp3) is 0.520. The van der Waals surface area contributed by atoms with Gasteiger partial charge >= 0.3 is 0 Å². The van der Waals surface area contributed by atoms with Crippen LogP contribution in [0.2, 0.25) is 0 Å². The molecule has 2 saturated carbocycles. The Morgan fingerprint density at radius 2 is 1.94 bits per heavy atom. The number of ether oxygens (including phenoxy) is 2. The van der Waals surface area contributed by atoms with Crippen LogP contribution >= 0.6 is 0 Å². The summed E-state index contributed by atoms with van der Waals surface area (Å²) in [6.07, 6.45) is 9.22. The minimum absolute atomic E-state index is 0.111. The minimum atomic E-state index is -0.632. The summed E-state index contributed by atoms with van der Waals surface area (Å²) in [4.78, 5) is 32.0. The summed E-state index contributed by atoms with van der Waals surface area (Å²) in [5, 5.41) is 7.75. The van der Waals surface area contributed by atoms with E-state index in [2.05, 4.69) is 20.3 Å². The van der Waals surface area contributed by atoms with Crippen molar-refractivity contribution in [3.8, 4) is 0 Å². The number of hydrogen-bond acceptors (Lipinski definition) is 8. The fourth-order valence-corrected chi connectivity index (χ4v) is 5.38. The largest absolute Gasteiger partial charge is 0.381 e. The van der Waals surface area contributed by atoms with Gasteiger partial charge in [0, 0.05) is 39.6 Å². The smallest absolute Gasteiger partial charge is 0.274 e. The van der Waals surface area contributed by atoms with Crippen LogP contribution in [0.4, 0.5) is 17.2 Å². The lowest BCUT2D eigenvalue weighted by molar-refractivity contribution is 0.0196. The zero-order valence-corrected chi connectivity index (χ0v) is 20.9. The van der Waals surface area contributed by atoms with E-state index in [1.54, 1.807) is 24.9 Å². The number of nitrogens with zero attached hydrogens (tertiary/aromatic N) is 5. The van der Waals surface area contributed by atoms with E-state index in [4.69, 9.17) is 15.2 Å². The summed E-state index contributed by atoms with van der Waals surface area (Å²) in [6, 6.07) is 5.74. The number of anilines is 3. The van der Waals surface area contributed by atoms with Crippen LogP contribution in [0.25, 0.3) is 5.65 Å². The Morgan fingerprint density at radius 3 is 2.58 bits per heavy atom. The van der Waals surface area contributed by atoms with Gasteiger partial charge in [0.25, 0.3) is 11.5 Å². The Bertz CT molecular complexity index is 1310. The molecule has 2 aliphatic rings. The molecule has 3 aromatic rings. The van der Waals surface area contributed by atoms with Crippen molar-refractivity contribution in [2.45, 2.75) is 62.8 Å². The number of carbonyl (C=O) groups excluding carboxylic acids is 1. The molecule has 0 saturated heterocycles. The average Bonchev–Trinajstić information content (AvgIpc) is 3.29. The quantitative estimate of drug-likeness (QED) is 0.488. The van der Waals surface area contributed by atoms with Crippen molar-refractivity contribution in [3.05, 3.63) is 46.6 Å². The van der Waals surface area contributed by atoms with Crippen molar-refractivity contribution in [1.29, 1.82) is 0 Å². The summed E-state index contributed by atoms with van der Waals surface area (Å²) >= 11 is 0. The van der Waals surface area contributed by atoms with Crippen LogP contribution in [0.5, 0.6) is 0 Å². The third kappa shape index (κ3) is 4.33. The Kier molecular flexibility index (Phi) is 6.67. The zero-order chi connectivity index (χ0) is 25.4. The van der Waals surface area contributed by atoms with Crippen LogP contribution in [0, 0.1) is 0 Å². The molecule has 0 radical (unpaired) electrons. The molecule has 192 valence electrons. The molecule has 2 unspecified atom stereocenters. The molecule has 5 rings (SSSR count). The zero-order valence-electron chi connectivity index (χ0n) is 20.9. The molecule has 2 atom stereocenters. The highest BCUT2D eigenvalue weighted by Crippen LogP contribution is 2.34. The van der Waals surface area contributed by atoms with Gasteiger partial charge in [-0.1, -0.05) is 0 Å². The predicted octanol–water partition coefficient (Wildman–Crippen LogP) is 2.48. The first-order valence-corrected chi connectivity index (χ1v) is 12.4. The Morgan fingerprint density at radius 1 is 1.17 bits per heavy atom. The monoisotopic (exact) mass is 495 g/mol. The van der Waals surface area contributed by atoms with Gasteiger partial charge in [0.05, 0.1) is 30.1 Å². The molecule has 2 aliphatic carbocycles. The molecule has 0 bridgehead atoms. The van der Waals surface area contributed by atoms with E-state index >= 15 is 0 Å². The predicted molar refractivity (Wildman–Crippen MR) is 136 cm³/mol.